The highest BCUT2D eigenvalue weighted by Crippen LogP contribution is 2.27. The van der Waals surface area contributed by atoms with Crippen LogP contribution >= 0.6 is 11.3 Å². The van der Waals surface area contributed by atoms with Crippen LogP contribution in [0, 0.1) is 0 Å². The Kier molecular flexibility index (Phi) is 5.54. The zero-order valence-corrected chi connectivity index (χ0v) is 17.1. The second kappa shape index (κ2) is 8.24. The second-order valence-corrected chi connectivity index (χ2v) is 8.69. The number of anilines is 2. The van der Waals surface area contributed by atoms with Crippen LogP contribution in [-0.2, 0) is 22.2 Å². The summed E-state index contributed by atoms with van der Waals surface area (Å²) in [6.07, 6.45) is 3.74. The minimum absolute atomic E-state index is 0.130. The van der Waals surface area contributed by atoms with Gasteiger partial charge in [0.05, 0.1) is 6.42 Å². The molecule has 1 unspecified atom stereocenters. The van der Waals surface area contributed by atoms with Crippen molar-refractivity contribution in [2.45, 2.75) is 6.42 Å². The molecule has 3 heterocycles. The van der Waals surface area contributed by atoms with Gasteiger partial charge in [0.25, 0.3) is 0 Å². The zero-order chi connectivity index (χ0) is 19.5. The molecule has 28 heavy (non-hydrogen) atoms. The number of nitrogens with one attached hydrogen (secondary N) is 1. The van der Waals surface area contributed by atoms with Crippen LogP contribution in [0.5, 0.6) is 0 Å². The first-order valence-electron chi connectivity index (χ1n) is 9.02. The lowest BCUT2D eigenvalue weighted by atomic mass is 10.1. The predicted molar refractivity (Wildman–Crippen MR) is 114 cm³/mol. The number of carbonyl (C=O) groups excluding carboxylic acids is 1. The van der Waals surface area contributed by atoms with Crippen molar-refractivity contribution in [1.82, 2.24) is 14.9 Å². The van der Waals surface area contributed by atoms with Crippen LogP contribution in [0.4, 0.5) is 10.8 Å². The van der Waals surface area contributed by atoms with E-state index in [-0.39, 0.29) is 5.91 Å². The van der Waals surface area contributed by atoms with Gasteiger partial charge in [0.15, 0.2) is 5.13 Å². The van der Waals surface area contributed by atoms with E-state index >= 15 is 0 Å². The summed E-state index contributed by atoms with van der Waals surface area (Å²) in [5, 5.41) is 0.970. The van der Waals surface area contributed by atoms with Gasteiger partial charge in [-0.2, -0.15) is 0 Å². The summed E-state index contributed by atoms with van der Waals surface area (Å²) >= 11 is 1.59. The highest BCUT2D eigenvalue weighted by Gasteiger charge is 2.23. The molecule has 1 amide bonds. The fraction of sp³-hybridized carbons (Fsp3) is 0.316. The fourth-order valence-corrected chi connectivity index (χ4v) is 4.61. The zero-order valence-electron chi connectivity index (χ0n) is 15.5. The number of thiazole rings is 1. The van der Waals surface area contributed by atoms with Gasteiger partial charge >= 0.3 is 0 Å². The molecular weight excluding hydrogens is 394 g/mol. The second-order valence-electron chi connectivity index (χ2n) is 6.62. The Labute approximate surface area is 170 Å². The summed E-state index contributed by atoms with van der Waals surface area (Å²) in [6.45, 7) is 2.93. The third kappa shape index (κ3) is 4.31. The maximum atomic E-state index is 12.6. The Bertz CT molecular complexity index is 964. The Balaban J connectivity index is 1.33. The molecule has 9 heteroatoms. The lowest BCUT2D eigenvalue weighted by molar-refractivity contribution is -0.130. The molecule has 0 saturated carbocycles. The molecule has 4 rings (SSSR count). The summed E-state index contributed by atoms with van der Waals surface area (Å²) < 4.78 is 14.0. The van der Waals surface area contributed by atoms with Gasteiger partial charge in [-0.15, -0.1) is 0 Å². The fourth-order valence-electron chi connectivity index (χ4n) is 3.18. The summed E-state index contributed by atoms with van der Waals surface area (Å²) in [6, 6.07) is 11.4. The lowest BCUT2D eigenvalue weighted by Crippen LogP contribution is -2.49. The Morgan fingerprint density at radius 2 is 1.93 bits per heavy atom. The molecule has 0 bridgehead atoms. The highest BCUT2D eigenvalue weighted by atomic mass is 32.2. The molecule has 0 spiro atoms. The number of hydrogen-bond acceptors (Lipinski definition) is 6. The SMILES string of the molecule is CS(=O)Nc1ccc(CC(=O)N2CCN(c3nc4cccnc4s3)CC2)cc1. The molecule has 1 aromatic carbocycles. The molecule has 7 nitrogen and oxygen atoms in total. The minimum atomic E-state index is -1.10. The third-order valence-corrected chi connectivity index (χ3v) is 6.19. The number of hydrogen-bond donors (Lipinski definition) is 1. The van der Waals surface area contributed by atoms with E-state index in [0.717, 1.165) is 39.8 Å². The van der Waals surface area contributed by atoms with Crippen molar-refractivity contribution in [2.75, 3.05) is 42.1 Å². The van der Waals surface area contributed by atoms with Crippen LogP contribution in [-0.4, -0.2) is 57.4 Å². The lowest BCUT2D eigenvalue weighted by Gasteiger charge is -2.34. The monoisotopic (exact) mass is 415 g/mol. The number of rotatable bonds is 5. The van der Waals surface area contributed by atoms with Crippen molar-refractivity contribution in [1.29, 1.82) is 0 Å². The molecule has 1 fully saturated rings. The average molecular weight is 416 g/mol. The number of fused-ring (bicyclic) bond motifs is 1. The van der Waals surface area contributed by atoms with Crippen molar-refractivity contribution >= 4 is 49.4 Å². The summed E-state index contributed by atoms with van der Waals surface area (Å²) in [7, 11) is -1.10. The molecule has 2 aromatic heterocycles. The Morgan fingerprint density at radius 3 is 2.61 bits per heavy atom. The van der Waals surface area contributed by atoms with Gasteiger partial charge in [0.1, 0.15) is 21.3 Å². The van der Waals surface area contributed by atoms with Gasteiger partial charge in [-0.05, 0) is 29.8 Å². The smallest absolute Gasteiger partial charge is 0.227 e. The largest absolute Gasteiger partial charge is 0.344 e. The number of nitrogens with zero attached hydrogens (tertiary/aromatic N) is 4. The van der Waals surface area contributed by atoms with Crippen molar-refractivity contribution in [2.24, 2.45) is 0 Å². The van der Waals surface area contributed by atoms with E-state index in [2.05, 4.69) is 19.6 Å². The highest BCUT2D eigenvalue weighted by molar-refractivity contribution is 7.85. The molecule has 1 atom stereocenters. The van der Waals surface area contributed by atoms with Crippen molar-refractivity contribution in [3.05, 3.63) is 48.2 Å². The van der Waals surface area contributed by atoms with Gasteiger partial charge in [-0.25, -0.2) is 14.2 Å². The van der Waals surface area contributed by atoms with Crippen LogP contribution in [0.2, 0.25) is 0 Å². The van der Waals surface area contributed by atoms with Gasteiger partial charge in [0, 0.05) is 44.3 Å². The Hall–Kier alpha value is -2.52. The standard InChI is InChI=1S/C19H21N5O2S2/c1-28(26)22-15-6-4-14(5-7-15)13-17(25)23-9-11-24(12-10-23)19-21-16-3-2-8-20-18(16)27-19/h2-8,22H,9-13H2,1H3. The number of pyridine rings is 1. The molecule has 0 aliphatic carbocycles. The number of benzene rings is 1. The third-order valence-electron chi connectivity index (χ3n) is 4.63. The topological polar surface area (TPSA) is 78.4 Å². The Morgan fingerprint density at radius 1 is 1.18 bits per heavy atom. The molecule has 1 aliphatic rings. The first kappa shape index (κ1) is 18.8. The number of amides is 1. The van der Waals surface area contributed by atoms with Gasteiger partial charge in [-0.3, -0.25) is 4.79 Å². The van der Waals surface area contributed by atoms with E-state index in [4.69, 9.17) is 0 Å². The first-order valence-corrected chi connectivity index (χ1v) is 11.4. The van der Waals surface area contributed by atoms with E-state index in [1.54, 1.807) is 23.8 Å². The summed E-state index contributed by atoms with van der Waals surface area (Å²) in [4.78, 5) is 26.7. The van der Waals surface area contributed by atoms with E-state index in [0.29, 0.717) is 19.5 Å². The number of piperazine rings is 1. The van der Waals surface area contributed by atoms with E-state index in [1.165, 1.54) is 0 Å². The molecule has 3 aromatic rings. The summed E-state index contributed by atoms with van der Waals surface area (Å²) in [5.41, 5.74) is 2.67. The molecule has 1 saturated heterocycles. The molecule has 1 aliphatic heterocycles. The average Bonchev–Trinajstić information content (AvgIpc) is 3.13. The maximum Gasteiger partial charge on any atom is 0.227 e. The quantitative estimate of drug-likeness (QED) is 0.692. The minimum Gasteiger partial charge on any atom is -0.344 e. The maximum absolute atomic E-state index is 12.6. The van der Waals surface area contributed by atoms with E-state index < -0.39 is 11.0 Å². The predicted octanol–water partition coefficient (Wildman–Crippen LogP) is 2.29. The first-order chi connectivity index (χ1) is 13.6. The van der Waals surface area contributed by atoms with Gasteiger partial charge in [0.2, 0.25) is 5.91 Å². The molecule has 1 N–H and O–H groups in total. The van der Waals surface area contributed by atoms with E-state index in [1.807, 2.05) is 41.3 Å². The van der Waals surface area contributed by atoms with Gasteiger partial charge in [-0.1, -0.05) is 23.5 Å². The van der Waals surface area contributed by atoms with Crippen LogP contribution in [0.3, 0.4) is 0 Å². The van der Waals surface area contributed by atoms with E-state index in [9.17, 15) is 9.00 Å². The normalized spacial score (nSPS) is 15.6. The van der Waals surface area contributed by atoms with Crippen LogP contribution in [0.25, 0.3) is 10.3 Å². The molecular formula is C19H21N5O2S2. The van der Waals surface area contributed by atoms with Crippen molar-refractivity contribution in [3.8, 4) is 0 Å². The van der Waals surface area contributed by atoms with Crippen LogP contribution < -0.4 is 9.62 Å². The van der Waals surface area contributed by atoms with Gasteiger partial charge < -0.3 is 14.5 Å². The number of aromatic nitrogens is 2. The summed E-state index contributed by atoms with van der Waals surface area (Å²) in [5.74, 6) is 0.130. The van der Waals surface area contributed by atoms with Crippen LogP contribution in [0.15, 0.2) is 42.6 Å². The number of carbonyl (C=O) groups is 1. The van der Waals surface area contributed by atoms with Crippen molar-refractivity contribution < 1.29 is 9.00 Å². The van der Waals surface area contributed by atoms with Crippen molar-refractivity contribution in [3.63, 3.8) is 0 Å². The molecule has 146 valence electrons. The van der Waals surface area contributed by atoms with Crippen LogP contribution in [0.1, 0.15) is 5.56 Å². The molecule has 0 radical (unpaired) electrons.